The SMILES string of the molecule is O=C(O)c1cn2c(c(Cc3ccccc3)c1=O)-c1ccccc1CC2. The van der Waals surface area contributed by atoms with E-state index in [1.54, 1.807) is 0 Å². The number of hydrogen-bond acceptors (Lipinski definition) is 2. The van der Waals surface area contributed by atoms with E-state index in [0.717, 1.165) is 23.2 Å². The lowest BCUT2D eigenvalue weighted by molar-refractivity contribution is 0.0694. The maximum Gasteiger partial charge on any atom is 0.341 e. The summed E-state index contributed by atoms with van der Waals surface area (Å²) < 4.78 is 1.92. The van der Waals surface area contributed by atoms with Crippen molar-refractivity contribution in [2.45, 2.75) is 19.4 Å². The summed E-state index contributed by atoms with van der Waals surface area (Å²) >= 11 is 0. The molecule has 0 amide bonds. The maximum absolute atomic E-state index is 12.9. The molecular weight excluding hydrogens is 314 g/mol. The fraction of sp³-hybridized carbons (Fsp3) is 0.143. The van der Waals surface area contributed by atoms with Gasteiger partial charge in [0.05, 0.1) is 5.69 Å². The van der Waals surface area contributed by atoms with Crippen molar-refractivity contribution >= 4 is 5.97 Å². The van der Waals surface area contributed by atoms with Crippen LogP contribution >= 0.6 is 0 Å². The van der Waals surface area contributed by atoms with E-state index < -0.39 is 5.97 Å². The maximum atomic E-state index is 12.9. The number of rotatable bonds is 3. The Morgan fingerprint density at radius 2 is 1.76 bits per heavy atom. The Balaban J connectivity index is 1.99. The van der Waals surface area contributed by atoms with Gasteiger partial charge in [0.15, 0.2) is 5.43 Å². The molecule has 0 unspecified atom stereocenters. The van der Waals surface area contributed by atoms with Crippen LogP contribution in [0.4, 0.5) is 0 Å². The van der Waals surface area contributed by atoms with Gasteiger partial charge in [-0.15, -0.1) is 0 Å². The summed E-state index contributed by atoms with van der Waals surface area (Å²) in [7, 11) is 0. The number of carboxylic acid groups (broad SMARTS) is 1. The quantitative estimate of drug-likeness (QED) is 0.800. The van der Waals surface area contributed by atoms with Crippen molar-refractivity contribution in [3.05, 3.63) is 93.3 Å². The monoisotopic (exact) mass is 331 g/mol. The Kier molecular flexibility index (Phi) is 3.73. The molecule has 4 nitrogen and oxygen atoms in total. The molecule has 1 aliphatic rings. The molecule has 25 heavy (non-hydrogen) atoms. The molecule has 0 radical (unpaired) electrons. The Labute approximate surface area is 145 Å². The zero-order chi connectivity index (χ0) is 17.4. The van der Waals surface area contributed by atoms with Crippen LogP contribution in [0.25, 0.3) is 11.3 Å². The summed E-state index contributed by atoms with van der Waals surface area (Å²) in [6.45, 7) is 0.675. The Morgan fingerprint density at radius 1 is 1.04 bits per heavy atom. The molecule has 0 saturated heterocycles. The first kappa shape index (κ1) is 15.4. The summed E-state index contributed by atoms with van der Waals surface area (Å²) in [4.78, 5) is 24.4. The van der Waals surface area contributed by atoms with E-state index in [2.05, 4.69) is 6.07 Å². The van der Waals surface area contributed by atoms with E-state index in [1.807, 2.05) is 53.1 Å². The van der Waals surface area contributed by atoms with Crippen LogP contribution in [0.1, 0.15) is 27.0 Å². The number of carboxylic acids is 1. The summed E-state index contributed by atoms with van der Waals surface area (Å²) in [6, 6.07) is 17.7. The van der Waals surface area contributed by atoms with Gasteiger partial charge >= 0.3 is 5.97 Å². The first-order chi connectivity index (χ1) is 12.1. The molecule has 3 aromatic rings. The first-order valence-corrected chi connectivity index (χ1v) is 8.27. The lowest BCUT2D eigenvalue weighted by atomic mass is 9.91. The van der Waals surface area contributed by atoms with Crippen LogP contribution in [0, 0.1) is 0 Å². The van der Waals surface area contributed by atoms with Gasteiger partial charge in [0.25, 0.3) is 0 Å². The van der Waals surface area contributed by atoms with Gasteiger partial charge < -0.3 is 9.67 Å². The second-order valence-corrected chi connectivity index (χ2v) is 6.27. The fourth-order valence-corrected chi connectivity index (χ4v) is 3.54. The van der Waals surface area contributed by atoms with Gasteiger partial charge in [-0.1, -0.05) is 54.6 Å². The molecule has 2 aromatic carbocycles. The van der Waals surface area contributed by atoms with Crippen LogP contribution < -0.4 is 5.43 Å². The summed E-state index contributed by atoms with van der Waals surface area (Å²) in [6.07, 6.45) is 2.74. The highest BCUT2D eigenvalue weighted by molar-refractivity contribution is 5.88. The Morgan fingerprint density at radius 3 is 2.52 bits per heavy atom. The molecule has 0 fully saturated rings. The molecule has 2 heterocycles. The van der Waals surface area contributed by atoms with Crippen molar-refractivity contribution in [1.29, 1.82) is 0 Å². The van der Waals surface area contributed by atoms with Crippen LogP contribution in [0.5, 0.6) is 0 Å². The van der Waals surface area contributed by atoms with Gasteiger partial charge in [-0.3, -0.25) is 4.79 Å². The van der Waals surface area contributed by atoms with Crippen LogP contribution in [0.15, 0.2) is 65.6 Å². The average molecular weight is 331 g/mol. The third kappa shape index (κ3) is 2.66. The molecule has 4 heteroatoms. The highest BCUT2D eigenvalue weighted by Crippen LogP contribution is 2.32. The second-order valence-electron chi connectivity index (χ2n) is 6.27. The van der Waals surface area contributed by atoms with Crippen molar-refractivity contribution in [2.75, 3.05) is 0 Å². The van der Waals surface area contributed by atoms with Crippen molar-refractivity contribution in [2.24, 2.45) is 0 Å². The number of benzene rings is 2. The van der Waals surface area contributed by atoms with Gasteiger partial charge in [-0.05, 0) is 17.5 Å². The summed E-state index contributed by atoms with van der Waals surface area (Å²) in [5.41, 5.74) is 4.06. The molecule has 0 spiro atoms. The third-order valence-corrected chi connectivity index (χ3v) is 4.73. The Hall–Kier alpha value is -3.14. The van der Waals surface area contributed by atoms with Gasteiger partial charge in [-0.25, -0.2) is 4.79 Å². The third-order valence-electron chi connectivity index (χ3n) is 4.73. The Bertz CT molecular complexity index is 1020. The standard InChI is InChI=1S/C21H17NO3/c23-20-17(12-14-6-2-1-3-7-14)19-16-9-5-4-8-15(16)10-11-22(19)13-18(20)21(24)25/h1-9,13H,10-12H2,(H,24,25). The van der Waals surface area contributed by atoms with Gasteiger partial charge in [0, 0.05) is 30.3 Å². The molecule has 124 valence electrons. The lowest BCUT2D eigenvalue weighted by Crippen LogP contribution is -2.26. The minimum absolute atomic E-state index is 0.158. The summed E-state index contributed by atoms with van der Waals surface area (Å²) in [5.74, 6) is -1.17. The number of aromatic nitrogens is 1. The molecule has 1 aliphatic heterocycles. The normalized spacial score (nSPS) is 12.3. The van der Waals surface area contributed by atoms with E-state index in [-0.39, 0.29) is 11.0 Å². The number of pyridine rings is 1. The van der Waals surface area contributed by atoms with E-state index in [9.17, 15) is 14.7 Å². The molecular formula is C21H17NO3. The van der Waals surface area contributed by atoms with Gasteiger partial charge in [-0.2, -0.15) is 0 Å². The zero-order valence-electron chi connectivity index (χ0n) is 13.6. The number of aromatic carboxylic acids is 1. The largest absolute Gasteiger partial charge is 0.477 e. The van der Waals surface area contributed by atoms with E-state index in [1.165, 1.54) is 11.8 Å². The molecule has 1 N–H and O–H groups in total. The molecule has 0 aliphatic carbocycles. The second kappa shape index (κ2) is 6.06. The first-order valence-electron chi connectivity index (χ1n) is 8.27. The average Bonchev–Trinajstić information content (AvgIpc) is 2.64. The van der Waals surface area contributed by atoms with E-state index in [0.29, 0.717) is 18.5 Å². The van der Waals surface area contributed by atoms with Crippen molar-refractivity contribution in [3.63, 3.8) is 0 Å². The summed E-state index contributed by atoms with van der Waals surface area (Å²) in [5, 5.41) is 9.44. The molecule has 0 saturated carbocycles. The van der Waals surface area contributed by atoms with Crippen LogP contribution in [-0.4, -0.2) is 15.6 Å². The number of fused-ring (bicyclic) bond motifs is 3. The molecule has 0 atom stereocenters. The zero-order valence-corrected chi connectivity index (χ0v) is 13.6. The number of aryl methyl sites for hydroxylation is 2. The lowest BCUT2D eigenvalue weighted by Gasteiger charge is -2.25. The van der Waals surface area contributed by atoms with Crippen LogP contribution in [0.2, 0.25) is 0 Å². The highest BCUT2D eigenvalue weighted by Gasteiger charge is 2.24. The molecule has 0 bridgehead atoms. The van der Waals surface area contributed by atoms with Crippen molar-refractivity contribution in [3.8, 4) is 11.3 Å². The number of nitrogens with zero attached hydrogens (tertiary/aromatic N) is 1. The minimum Gasteiger partial charge on any atom is -0.477 e. The fourth-order valence-electron chi connectivity index (χ4n) is 3.54. The highest BCUT2D eigenvalue weighted by atomic mass is 16.4. The van der Waals surface area contributed by atoms with Crippen LogP contribution in [-0.2, 0) is 19.4 Å². The minimum atomic E-state index is -1.17. The number of hydrogen-bond donors (Lipinski definition) is 1. The number of carbonyl (C=O) groups is 1. The topological polar surface area (TPSA) is 59.3 Å². The smallest absolute Gasteiger partial charge is 0.341 e. The predicted octanol–water partition coefficient (Wildman–Crippen LogP) is 3.36. The van der Waals surface area contributed by atoms with Crippen molar-refractivity contribution in [1.82, 2.24) is 4.57 Å². The van der Waals surface area contributed by atoms with Crippen LogP contribution in [0.3, 0.4) is 0 Å². The van der Waals surface area contributed by atoms with E-state index in [4.69, 9.17) is 0 Å². The molecule has 1 aromatic heterocycles. The van der Waals surface area contributed by atoms with Crippen molar-refractivity contribution < 1.29 is 9.90 Å². The van der Waals surface area contributed by atoms with E-state index >= 15 is 0 Å². The molecule has 4 rings (SSSR count). The van der Waals surface area contributed by atoms with Gasteiger partial charge in [0.2, 0.25) is 0 Å². The van der Waals surface area contributed by atoms with Gasteiger partial charge in [0.1, 0.15) is 5.56 Å². The predicted molar refractivity (Wildman–Crippen MR) is 96.0 cm³/mol.